The molecule has 0 rings (SSSR count). The molecule has 0 saturated carbocycles. The molecule has 0 unspecified atom stereocenters. The second-order valence-corrected chi connectivity index (χ2v) is 3.16. The number of hydrazone groups is 1. The molecular formula is C11H10N6. The molecule has 0 heterocycles. The topological polar surface area (TPSA) is 111 Å². The molecule has 0 N–H and O–H groups in total. The maximum absolute atomic E-state index is 8.76. The Labute approximate surface area is 99.9 Å². The highest BCUT2D eigenvalue weighted by atomic mass is 15.4. The van der Waals surface area contributed by atoms with E-state index in [1.165, 1.54) is 17.3 Å². The van der Waals surface area contributed by atoms with Gasteiger partial charge in [-0.2, -0.15) is 26.1 Å². The first-order valence-electron chi connectivity index (χ1n) is 4.60. The molecule has 6 heteroatoms. The number of hydrogen-bond acceptors (Lipinski definition) is 6. The highest BCUT2D eigenvalue weighted by Gasteiger charge is 2.21. The van der Waals surface area contributed by atoms with Crippen LogP contribution in [0.25, 0.3) is 0 Å². The summed E-state index contributed by atoms with van der Waals surface area (Å²) in [5.41, 5.74) is 0.144. The lowest BCUT2D eigenvalue weighted by atomic mass is 9.91. The highest BCUT2D eigenvalue weighted by Crippen LogP contribution is 2.18. The van der Waals surface area contributed by atoms with Crippen LogP contribution in [-0.4, -0.2) is 25.3 Å². The molecular weight excluding hydrogens is 216 g/mol. The zero-order chi connectivity index (χ0) is 13.3. The Morgan fingerprint density at radius 3 is 1.71 bits per heavy atom. The summed E-state index contributed by atoms with van der Waals surface area (Å²) in [6, 6.07) is 6.93. The second kappa shape index (κ2) is 7.46. The summed E-state index contributed by atoms with van der Waals surface area (Å²) in [7, 11) is 3.39. The van der Waals surface area contributed by atoms with Crippen molar-refractivity contribution < 1.29 is 0 Å². The van der Waals surface area contributed by atoms with Gasteiger partial charge in [0.05, 0.1) is 24.3 Å². The van der Waals surface area contributed by atoms with Crippen LogP contribution in [-0.2, 0) is 0 Å². The first-order valence-corrected chi connectivity index (χ1v) is 4.60. The molecule has 0 aromatic carbocycles. The Morgan fingerprint density at radius 2 is 1.41 bits per heavy atom. The molecule has 0 aromatic rings. The van der Waals surface area contributed by atoms with Gasteiger partial charge in [0, 0.05) is 20.3 Å². The van der Waals surface area contributed by atoms with Crippen molar-refractivity contribution in [3.63, 3.8) is 0 Å². The zero-order valence-corrected chi connectivity index (χ0v) is 9.49. The van der Waals surface area contributed by atoms with Gasteiger partial charge in [-0.15, -0.1) is 0 Å². The van der Waals surface area contributed by atoms with Gasteiger partial charge in [0.25, 0.3) is 0 Å². The van der Waals surface area contributed by atoms with E-state index in [2.05, 4.69) is 5.10 Å². The smallest absolute Gasteiger partial charge is 0.156 e. The average molecular weight is 226 g/mol. The van der Waals surface area contributed by atoms with Gasteiger partial charge >= 0.3 is 0 Å². The largest absolute Gasteiger partial charge is 0.303 e. The quantitative estimate of drug-likeness (QED) is 0.519. The average Bonchev–Trinajstić information content (AvgIpc) is 2.31. The monoisotopic (exact) mass is 226 g/mol. The highest BCUT2D eigenvalue weighted by molar-refractivity contribution is 5.73. The van der Waals surface area contributed by atoms with Crippen LogP contribution in [0.5, 0.6) is 0 Å². The standard InChI is InChI=1S/C11H10N6/c1-17(2)16-4-3-11(9(5-12)6-13)10(7-14)8-15/h3-4,9-10H,1-2H3. The minimum atomic E-state index is -1.12. The Kier molecular flexibility index (Phi) is 6.22. The van der Waals surface area contributed by atoms with Crippen molar-refractivity contribution in [2.75, 3.05) is 14.1 Å². The molecule has 0 amide bonds. The summed E-state index contributed by atoms with van der Waals surface area (Å²) in [6.07, 6.45) is 2.70. The van der Waals surface area contributed by atoms with Gasteiger partial charge in [0.2, 0.25) is 0 Å². The van der Waals surface area contributed by atoms with Gasteiger partial charge in [-0.05, 0) is 11.6 Å². The number of nitrogens with zero attached hydrogens (tertiary/aromatic N) is 6. The maximum Gasteiger partial charge on any atom is 0.156 e. The van der Waals surface area contributed by atoms with E-state index < -0.39 is 11.8 Å². The van der Waals surface area contributed by atoms with E-state index >= 15 is 0 Å². The summed E-state index contributed by atoms with van der Waals surface area (Å²) >= 11 is 0. The SMILES string of the molecule is CN(C)N=CC=C(C(C#N)C#N)C(C#N)C#N. The zero-order valence-electron chi connectivity index (χ0n) is 9.49. The maximum atomic E-state index is 8.76. The van der Waals surface area contributed by atoms with E-state index in [1.807, 2.05) is 0 Å². The van der Waals surface area contributed by atoms with Gasteiger partial charge in [-0.3, -0.25) is 0 Å². The molecule has 6 nitrogen and oxygen atoms in total. The Morgan fingerprint density at radius 1 is 1.00 bits per heavy atom. The van der Waals surface area contributed by atoms with Crippen LogP contribution < -0.4 is 0 Å². The van der Waals surface area contributed by atoms with Gasteiger partial charge in [-0.25, -0.2) is 0 Å². The summed E-state index contributed by atoms with van der Waals surface area (Å²) in [4.78, 5) is 0. The van der Waals surface area contributed by atoms with Crippen molar-refractivity contribution in [2.24, 2.45) is 16.9 Å². The van der Waals surface area contributed by atoms with Gasteiger partial charge < -0.3 is 5.01 Å². The lowest BCUT2D eigenvalue weighted by molar-refractivity contribution is 0.440. The van der Waals surface area contributed by atoms with Crippen LogP contribution in [0.3, 0.4) is 0 Å². The van der Waals surface area contributed by atoms with Crippen LogP contribution in [0.4, 0.5) is 0 Å². The van der Waals surface area contributed by atoms with Crippen molar-refractivity contribution >= 4 is 6.21 Å². The lowest BCUT2D eigenvalue weighted by Gasteiger charge is -2.06. The van der Waals surface area contributed by atoms with E-state index in [0.717, 1.165) is 0 Å². The molecule has 0 atom stereocenters. The fraction of sp³-hybridized carbons (Fsp3) is 0.364. The number of rotatable bonds is 4. The van der Waals surface area contributed by atoms with Crippen LogP contribution in [0.1, 0.15) is 0 Å². The van der Waals surface area contributed by atoms with Gasteiger partial charge in [-0.1, -0.05) is 0 Å². The molecule has 0 fully saturated rings. The van der Waals surface area contributed by atoms with E-state index in [0.29, 0.717) is 0 Å². The Hall–Kier alpha value is -2.83. The third kappa shape index (κ3) is 4.47. The summed E-state index contributed by atoms with van der Waals surface area (Å²) in [5.74, 6) is -2.24. The Balaban J connectivity index is 5.30. The van der Waals surface area contributed by atoms with E-state index in [9.17, 15) is 0 Å². The van der Waals surface area contributed by atoms with Crippen LogP contribution in [0.15, 0.2) is 16.8 Å². The lowest BCUT2D eigenvalue weighted by Crippen LogP contribution is -2.09. The second-order valence-electron chi connectivity index (χ2n) is 3.16. The molecule has 0 radical (unpaired) electrons. The van der Waals surface area contributed by atoms with Crippen molar-refractivity contribution in [3.05, 3.63) is 11.6 Å². The van der Waals surface area contributed by atoms with Gasteiger partial charge in [0.15, 0.2) is 11.8 Å². The fourth-order valence-corrected chi connectivity index (χ4v) is 0.968. The molecule has 17 heavy (non-hydrogen) atoms. The van der Waals surface area contributed by atoms with E-state index in [1.54, 1.807) is 38.4 Å². The van der Waals surface area contributed by atoms with Crippen molar-refractivity contribution in [3.8, 4) is 24.3 Å². The van der Waals surface area contributed by atoms with Crippen LogP contribution in [0.2, 0.25) is 0 Å². The number of hydrogen-bond donors (Lipinski definition) is 0. The fourth-order valence-electron chi connectivity index (χ4n) is 0.968. The first-order chi connectivity index (χ1) is 8.10. The molecule has 0 bridgehead atoms. The summed E-state index contributed by atoms with van der Waals surface area (Å²) in [5, 5.41) is 40.4. The summed E-state index contributed by atoms with van der Waals surface area (Å²) < 4.78 is 0. The minimum absolute atomic E-state index is 0.144. The molecule has 0 aliphatic rings. The van der Waals surface area contributed by atoms with Crippen LogP contribution in [0, 0.1) is 57.2 Å². The van der Waals surface area contributed by atoms with Crippen molar-refractivity contribution in [1.82, 2.24) is 5.01 Å². The number of nitriles is 4. The minimum Gasteiger partial charge on any atom is -0.303 e. The van der Waals surface area contributed by atoms with Gasteiger partial charge in [0.1, 0.15) is 0 Å². The molecule has 0 spiro atoms. The first kappa shape index (κ1) is 14.2. The van der Waals surface area contributed by atoms with E-state index in [4.69, 9.17) is 21.0 Å². The van der Waals surface area contributed by atoms with Crippen molar-refractivity contribution in [2.45, 2.75) is 0 Å². The normalized spacial score (nSPS) is 9.18. The molecule has 84 valence electrons. The molecule has 0 aromatic heterocycles. The van der Waals surface area contributed by atoms with Crippen LogP contribution >= 0.6 is 0 Å². The van der Waals surface area contributed by atoms with Crippen molar-refractivity contribution in [1.29, 1.82) is 21.0 Å². The van der Waals surface area contributed by atoms with E-state index in [-0.39, 0.29) is 5.57 Å². The molecule has 0 saturated heterocycles. The predicted molar refractivity (Wildman–Crippen MR) is 59.7 cm³/mol. The third-order valence-electron chi connectivity index (χ3n) is 1.75. The number of allylic oxidation sites excluding steroid dienone is 2. The third-order valence-corrected chi connectivity index (χ3v) is 1.75. The summed E-state index contributed by atoms with van der Waals surface area (Å²) in [6.45, 7) is 0. The Bertz CT molecular complexity index is 412. The predicted octanol–water partition coefficient (Wildman–Crippen LogP) is 0.787. The molecule has 0 aliphatic heterocycles. The molecule has 0 aliphatic carbocycles.